The minimum absolute atomic E-state index is 0.119. The van der Waals surface area contributed by atoms with E-state index in [1.54, 1.807) is 6.92 Å². The van der Waals surface area contributed by atoms with Crippen molar-refractivity contribution in [1.29, 1.82) is 0 Å². The Balaban J connectivity index is 2.64. The number of benzene rings is 1. The van der Waals surface area contributed by atoms with E-state index in [9.17, 15) is 8.42 Å². The van der Waals surface area contributed by atoms with Crippen LogP contribution in [0.1, 0.15) is 20.8 Å². The Morgan fingerprint density at radius 1 is 1.33 bits per heavy atom. The number of hydrogen-bond acceptors (Lipinski definition) is 4. The molecule has 5 heteroatoms. The normalized spacial score (nSPS) is 13.1. The van der Waals surface area contributed by atoms with Crippen LogP contribution in [0.25, 0.3) is 0 Å². The van der Waals surface area contributed by atoms with Crippen LogP contribution >= 0.6 is 0 Å². The van der Waals surface area contributed by atoms with E-state index >= 15 is 0 Å². The second kappa shape index (κ2) is 6.64. The lowest BCUT2D eigenvalue weighted by Gasteiger charge is -2.15. The molecule has 1 rings (SSSR count). The molecular formula is C13H21NO3S. The summed E-state index contributed by atoms with van der Waals surface area (Å²) in [6, 6.07) is 7.42. The molecule has 0 radical (unpaired) electrons. The molecule has 0 heterocycles. The fraction of sp³-hybridized carbons (Fsp3) is 0.538. The van der Waals surface area contributed by atoms with Crippen molar-refractivity contribution < 1.29 is 13.2 Å². The quantitative estimate of drug-likeness (QED) is 0.827. The summed E-state index contributed by atoms with van der Waals surface area (Å²) in [5.41, 5.74) is 0.875. The Morgan fingerprint density at radius 3 is 2.67 bits per heavy atom. The van der Waals surface area contributed by atoms with Crippen LogP contribution in [0.5, 0.6) is 5.75 Å². The highest BCUT2D eigenvalue weighted by molar-refractivity contribution is 7.91. The predicted molar refractivity (Wildman–Crippen MR) is 75.0 cm³/mol. The third-order valence-corrected chi connectivity index (χ3v) is 4.39. The molecule has 1 aromatic carbocycles. The van der Waals surface area contributed by atoms with Crippen LogP contribution in [-0.2, 0) is 9.84 Å². The first-order valence-corrected chi connectivity index (χ1v) is 7.98. The van der Waals surface area contributed by atoms with Gasteiger partial charge in [0, 0.05) is 23.5 Å². The summed E-state index contributed by atoms with van der Waals surface area (Å²) in [5, 5.41) is 3.17. The van der Waals surface area contributed by atoms with E-state index in [1.165, 1.54) is 0 Å². The van der Waals surface area contributed by atoms with Crippen molar-refractivity contribution in [3.05, 3.63) is 24.3 Å². The monoisotopic (exact) mass is 271 g/mol. The second-order valence-corrected chi connectivity index (χ2v) is 6.60. The van der Waals surface area contributed by atoms with Gasteiger partial charge < -0.3 is 10.1 Å². The van der Waals surface area contributed by atoms with Crippen molar-refractivity contribution in [3.63, 3.8) is 0 Å². The van der Waals surface area contributed by atoms with Gasteiger partial charge in [-0.05, 0) is 26.0 Å². The van der Waals surface area contributed by atoms with Gasteiger partial charge in [0.1, 0.15) is 5.75 Å². The molecule has 18 heavy (non-hydrogen) atoms. The topological polar surface area (TPSA) is 55.4 Å². The average molecular weight is 271 g/mol. The first kappa shape index (κ1) is 14.8. The Bertz CT molecular complexity index is 471. The van der Waals surface area contributed by atoms with Crippen molar-refractivity contribution in [2.75, 3.05) is 23.4 Å². The summed E-state index contributed by atoms with van der Waals surface area (Å²) >= 11 is 0. The van der Waals surface area contributed by atoms with Crippen LogP contribution in [0, 0.1) is 0 Å². The van der Waals surface area contributed by atoms with E-state index in [0.717, 1.165) is 11.4 Å². The SMILES string of the molecule is CCOc1cccc(NC(C)CS(=O)(=O)CC)c1. The minimum Gasteiger partial charge on any atom is -0.494 e. The van der Waals surface area contributed by atoms with Crippen molar-refractivity contribution in [1.82, 2.24) is 0 Å². The summed E-state index contributed by atoms with van der Waals surface area (Å²) < 4.78 is 28.4. The first-order chi connectivity index (χ1) is 8.46. The summed E-state index contributed by atoms with van der Waals surface area (Å²) in [4.78, 5) is 0. The Kier molecular flexibility index (Phi) is 5.47. The zero-order valence-electron chi connectivity index (χ0n) is 11.1. The summed E-state index contributed by atoms with van der Waals surface area (Å²) in [5.74, 6) is 1.11. The van der Waals surface area contributed by atoms with E-state index in [-0.39, 0.29) is 17.5 Å². The molecule has 0 saturated heterocycles. The number of anilines is 1. The lowest BCUT2D eigenvalue weighted by Crippen LogP contribution is -2.26. The largest absolute Gasteiger partial charge is 0.494 e. The van der Waals surface area contributed by atoms with Crippen LogP contribution in [0.15, 0.2) is 24.3 Å². The first-order valence-electron chi connectivity index (χ1n) is 6.16. The van der Waals surface area contributed by atoms with Crippen LogP contribution < -0.4 is 10.1 Å². The number of nitrogens with one attached hydrogen (secondary N) is 1. The molecule has 0 spiro atoms. The van der Waals surface area contributed by atoms with Crippen molar-refractivity contribution in [3.8, 4) is 5.75 Å². The maximum Gasteiger partial charge on any atom is 0.152 e. The molecule has 1 unspecified atom stereocenters. The van der Waals surface area contributed by atoms with E-state index < -0.39 is 9.84 Å². The maximum absolute atomic E-state index is 11.5. The van der Waals surface area contributed by atoms with Crippen molar-refractivity contribution >= 4 is 15.5 Å². The minimum atomic E-state index is -2.95. The Morgan fingerprint density at radius 2 is 2.06 bits per heavy atom. The highest BCUT2D eigenvalue weighted by atomic mass is 32.2. The average Bonchev–Trinajstić information content (AvgIpc) is 2.29. The fourth-order valence-corrected chi connectivity index (χ4v) is 2.75. The molecule has 0 bridgehead atoms. The lowest BCUT2D eigenvalue weighted by molar-refractivity contribution is 0.340. The van der Waals surface area contributed by atoms with E-state index in [4.69, 9.17) is 4.74 Å². The fourth-order valence-electron chi connectivity index (χ4n) is 1.67. The zero-order valence-corrected chi connectivity index (χ0v) is 12.0. The molecule has 0 aliphatic heterocycles. The predicted octanol–water partition coefficient (Wildman–Crippen LogP) is 2.32. The van der Waals surface area contributed by atoms with Gasteiger partial charge >= 0.3 is 0 Å². The van der Waals surface area contributed by atoms with Crippen molar-refractivity contribution in [2.24, 2.45) is 0 Å². The Labute approximate surface area is 109 Å². The van der Waals surface area contributed by atoms with Gasteiger partial charge in [0.05, 0.1) is 12.4 Å². The molecular weight excluding hydrogens is 250 g/mol. The van der Waals surface area contributed by atoms with Crippen LogP contribution in [0.4, 0.5) is 5.69 Å². The van der Waals surface area contributed by atoms with Crippen LogP contribution in [0.2, 0.25) is 0 Å². The van der Waals surface area contributed by atoms with Crippen molar-refractivity contribution in [2.45, 2.75) is 26.8 Å². The molecule has 0 aromatic heterocycles. The van der Waals surface area contributed by atoms with Gasteiger partial charge in [0.2, 0.25) is 0 Å². The molecule has 1 atom stereocenters. The van der Waals surface area contributed by atoms with Gasteiger partial charge in [-0.1, -0.05) is 13.0 Å². The van der Waals surface area contributed by atoms with Gasteiger partial charge in [-0.2, -0.15) is 0 Å². The molecule has 0 saturated carbocycles. The molecule has 0 amide bonds. The highest BCUT2D eigenvalue weighted by Gasteiger charge is 2.13. The molecule has 4 nitrogen and oxygen atoms in total. The van der Waals surface area contributed by atoms with E-state index in [2.05, 4.69) is 5.32 Å². The van der Waals surface area contributed by atoms with Gasteiger partial charge in [0.25, 0.3) is 0 Å². The lowest BCUT2D eigenvalue weighted by atomic mass is 10.2. The van der Waals surface area contributed by atoms with Gasteiger partial charge in [-0.3, -0.25) is 0 Å². The third kappa shape index (κ3) is 4.96. The number of hydrogen-bond donors (Lipinski definition) is 1. The second-order valence-electron chi connectivity index (χ2n) is 4.21. The molecule has 0 aliphatic rings. The summed E-state index contributed by atoms with van der Waals surface area (Å²) in [6.45, 7) is 6.07. The van der Waals surface area contributed by atoms with Gasteiger partial charge in [0.15, 0.2) is 9.84 Å². The van der Waals surface area contributed by atoms with Gasteiger partial charge in [-0.25, -0.2) is 8.42 Å². The maximum atomic E-state index is 11.5. The highest BCUT2D eigenvalue weighted by Crippen LogP contribution is 2.18. The molecule has 102 valence electrons. The number of rotatable bonds is 7. The zero-order chi connectivity index (χ0) is 13.6. The third-order valence-electron chi connectivity index (χ3n) is 2.50. The molecule has 1 aromatic rings. The van der Waals surface area contributed by atoms with Gasteiger partial charge in [-0.15, -0.1) is 0 Å². The smallest absolute Gasteiger partial charge is 0.152 e. The summed E-state index contributed by atoms with van der Waals surface area (Å²) in [7, 11) is -2.95. The molecule has 1 N–H and O–H groups in total. The van der Waals surface area contributed by atoms with E-state index in [1.807, 2.05) is 38.1 Å². The molecule has 0 aliphatic carbocycles. The number of ether oxygens (including phenoxy) is 1. The number of sulfone groups is 1. The van der Waals surface area contributed by atoms with Crippen LogP contribution in [0.3, 0.4) is 0 Å². The standard InChI is InChI=1S/C13H21NO3S/c1-4-17-13-8-6-7-12(9-13)14-11(3)10-18(15,16)5-2/h6-9,11,14H,4-5,10H2,1-3H3. The Hall–Kier alpha value is -1.23. The molecule has 0 fully saturated rings. The van der Waals surface area contributed by atoms with Crippen LogP contribution in [-0.4, -0.2) is 32.6 Å². The summed E-state index contributed by atoms with van der Waals surface area (Å²) in [6.07, 6.45) is 0. The van der Waals surface area contributed by atoms with E-state index in [0.29, 0.717) is 6.61 Å².